The van der Waals surface area contributed by atoms with E-state index in [2.05, 4.69) is 30.7 Å². The van der Waals surface area contributed by atoms with E-state index >= 15 is 0 Å². The van der Waals surface area contributed by atoms with Crippen molar-refractivity contribution < 1.29 is 72.0 Å². The maximum absolute atomic E-state index is 14.1. The minimum Gasteiger partial charge on any atom is -0.508 e. The Kier molecular flexibility index (Phi) is 16.6. The largest absolute Gasteiger partial charge is 0.508 e. The van der Waals surface area contributed by atoms with Crippen LogP contribution in [-0.2, 0) is 38.2 Å². The molecule has 20 heteroatoms. The van der Waals surface area contributed by atoms with E-state index in [0.29, 0.717) is 17.4 Å². The Bertz CT molecular complexity index is 2430. The van der Waals surface area contributed by atoms with Crippen LogP contribution in [0.4, 0.5) is 4.39 Å². The van der Waals surface area contributed by atoms with Crippen LogP contribution < -0.4 is 26.7 Å². The van der Waals surface area contributed by atoms with E-state index in [4.69, 9.17) is 4.42 Å². The van der Waals surface area contributed by atoms with Crippen molar-refractivity contribution in [2.24, 2.45) is 5.92 Å². The van der Waals surface area contributed by atoms with Gasteiger partial charge in [-0.3, -0.25) is 38.4 Å². The Morgan fingerprint density at radius 1 is 0.778 bits per heavy atom. The quantitative estimate of drug-likeness (QED) is 0.0494. The number of amides is 4. The number of hydrogen-bond donors (Lipinski definition) is 7. The summed E-state index contributed by atoms with van der Waals surface area (Å²) in [6.45, 7) is 2.88. The number of ketones is 1. The lowest BCUT2D eigenvalue weighted by atomic mass is 9.89. The van der Waals surface area contributed by atoms with Crippen molar-refractivity contribution in [1.29, 1.82) is 0 Å². The van der Waals surface area contributed by atoms with E-state index < -0.39 is 115 Å². The molecule has 2 aromatic rings. The molecule has 19 nitrogen and oxygen atoms in total. The van der Waals surface area contributed by atoms with Gasteiger partial charge in [0, 0.05) is 40.6 Å². The standard InChI is InChI=1S/C43H47FN4O15/c1-6-20(2)37(41(57)45-29(13-14-34(53)61-4)40(56)48-38(21(3)49)42(58)46-30(31(52)19-44)18-35(54)62-5)47-39(55)22-7-10-25(43(59)60)28(15-22)36-26-11-8-23(50)16-32(26)63-33-17-24(51)9-12-27(33)36/h7-12,15-17,20-21,29-30,37-38,49-50H,6,13-14,18-19H2,1-5H3,(H,45,57)(H,46,58)(H,47,55)(H,48,56)(H,59,60)/t20-,21-,29-,30-,37-,38-/m0/s1. The van der Waals surface area contributed by atoms with Crippen LogP contribution in [0.3, 0.4) is 0 Å². The molecular formula is C43H47FN4O15. The number of hydrogen-bond acceptors (Lipinski definition) is 14. The lowest BCUT2D eigenvalue weighted by molar-refractivity contribution is -0.144. The number of aromatic carboxylic acids is 1. The monoisotopic (exact) mass is 878 g/mol. The molecule has 0 radical (unpaired) electrons. The fourth-order valence-electron chi connectivity index (χ4n) is 6.56. The summed E-state index contributed by atoms with van der Waals surface area (Å²) in [4.78, 5) is 116. The van der Waals surface area contributed by atoms with Crippen LogP contribution in [0.1, 0.15) is 67.2 Å². The first kappa shape index (κ1) is 48.4. The van der Waals surface area contributed by atoms with Crippen molar-refractivity contribution in [2.75, 3.05) is 20.9 Å². The molecule has 2 aliphatic rings. The summed E-state index contributed by atoms with van der Waals surface area (Å²) < 4.78 is 28.3. The smallest absolute Gasteiger partial charge is 0.336 e. The summed E-state index contributed by atoms with van der Waals surface area (Å²) in [6, 6.07) is 5.10. The van der Waals surface area contributed by atoms with Gasteiger partial charge >= 0.3 is 17.9 Å². The molecule has 0 fully saturated rings. The van der Waals surface area contributed by atoms with Crippen LogP contribution in [-0.4, -0.2) is 114 Å². The van der Waals surface area contributed by atoms with Crippen LogP contribution in [0.15, 0.2) is 63.8 Å². The molecule has 1 heterocycles. The zero-order chi connectivity index (χ0) is 46.7. The fraction of sp³-hybridized carbons (Fsp3) is 0.372. The molecule has 336 valence electrons. The maximum atomic E-state index is 14.1. The highest BCUT2D eigenvalue weighted by Gasteiger charge is 2.35. The van der Waals surface area contributed by atoms with E-state index in [-0.39, 0.29) is 39.3 Å². The number of halogens is 1. The zero-order valence-electron chi connectivity index (χ0n) is 34.8. The molecule has 0 bridgehead atoms. The van der Waals surface area contributed by atoms with Crippen LogP contribution in [0, 0.1) is 5.92 Å². The number of ether oxygens (including phenoxy) is 2. The van der Waals surface area contributed by atoms with E-state index in [9.17, 15) is 62.9 Å². The number of Topliss-reactive ketones (excluding diaryl/α,β-unsaturated/α-hetero) is 1. The third kappa shape index (κ3) is 12.0. The molecule has 6 atom stereocenters. The van der Waals surface area contributed by atoms with Gasteiger partial charge in [0.1, 0.15) is 47.9 Å². The van der Waals surface area contributed by atoms with Gasteiger partial charge in [-0.2, -0.15) is 0 Å². The predicted octanol–water partition coefficient (Wildman–Crippen LogP) is 2.00. The van der Waals surface area contributed by atoms with Gasteiger partial charge in [-0.15, -0.1) is 0 Å². The summed E-state index contributed by atoms with van der Waals surface area (Å²) in [5.74, 6) is -9.14. The first-order chi connectivity index (χ1) is 29.8. The number of aliphatic hydroxyl groups is 1. The number of fused-ring (bicyclic) bond motifs is 2. The number of nitrogens with one attached hydrogen (secondary N) is 4. The molecule has 0 spiro atoms. The van der Waals surface area contributed by atoms with Gasteiger partial charge in [0.2, 0.25) is 17.7 Å². The highest BCUT2D eigenvalue weighted by molar-refractivity contribution is 6.09. The molecule has 2 aromatic carbocycles. The molecule has 0 unspecified atom stereocenters. The topological polar surface area (TPSA) is 294 Å². The third-order valence-electron chi connectivity index (χ3n) is 10.2. The van der Waals surface area contributed by atoms with Gasteiger partial charge in [0.25, 0.3) is 5.91 Å². The summed E-state index contributed by atoms with van der Waals surface area (Å²) in [5, 5.41) is 40.7. The van der Waals surface area contributed by atoms with E-state index in [1.165, 1.54) is 54.6 Å². The van der Waals surface area contributed by atoms with Crippen molar-refractivity contribution in [3.05, 3.63) is 75.9 Å². The number of aliphatic hydroxyl groups excluding tert-OH is 1. The number of carboxylic acids is 1. The summed E-state index contributed by atoms with van der Waals surface area (Å²) in [5.41, 5.74) is -0.0751. The van der Waals surface area contributed by atoms with Crippen LogP contribution in [0.2, 0.25) is 0 Å². The number of phenols is 1. The van der Waals surface area contributed by atoms with Gasteiger partial charge in [-0.05, 0) is 67.3 Å². The highest BCUT2D eigenvalue weighted by atomic mass is 19.1. The van der Waals surface area contributed by atoms with E-state index in [1.807, 2.05) is 0 Å². The van der Waals surface area contributed by atoms with Gasteiger partial charge in [0.15, 0.2) is 11.2 Å². The molecule has 4 amide bonds. The van der Waals surface area contributed by atoms with Crippen LogP contribution in [0.25, 0.3) is 33.4 Å². The summed E-state index contributed by atoms with van der Waals surface area (Å²) in [6.07, 6.45) is -2.97. The molecule has 1 aliphatic heterocycles. The number of aromatic hydroxyl groups is 1. The Balaban J connectivity index is 1.68. The van der Waals surface area contributed by atoms with Crippen molar-refractivity contribution >= 4 is 58.3 Å². The lowest BCUT2D eigenvalue weighted by Gasteiger charge is -2.28. The Morgan fingerprint density at radius 3 is 2.06 bits per heavy atom. The Morgan fingerprint density at radius 2 is 1.44 bits per heavy atom. The number of carbonyl (C=O) groups excluding carboxylic acids is 7. The van der Waals surface area contributed by atoms with Gasteiger partial charge in [-0.1, -0.05) is 20.3 Å². The Labute approximate surface area is 358 Å². The number of alkyl halides is 1. The minimum atomic E-state index is -1.84. The van der Waals surface area contributed by atoms with Crippen LogP contribution >= 0.6 is 0 Å². The van der Waals surface area contributed by atoms with Crippen molar-refractivity contribution in [2.45, 2.75) is 76.7 Å². The van der Waals surface area contributed by atoms with Gasteiger partial charge < -0.3 is 50.5 Å². The number of methoxy groups -OCH3 is 2. The molecule has 63 heavy (non-hydrogen) atoms. The second-order valence-electron chi connectivity index (χ2n) is 14.6. The van der Waals surface area contributed by atoms with E-state index in [0.717, 1.165) is 21.1 Å². The third-order valence-corrected chi connectivity index (χ3v) is 10.2. The average molecular weight is 879 g/mol. The summed E-state index contributed by atoms with van der Waals surface area (Å²) in [7, 11) is 2.09. The van der Waals surface area contributed by atoms with Crippen LogP contribution in [0.5, 0.6) is 5.75 Å². The zero-order valence-corrected chi connectivity index (χ0v) is 34.8. The molecule has 0 aromatic heterocycles. The molecule has 0 saturated carbocycles. The lowest BCUT2D eigenvalue weighted by Crippen LogP contribution is -2.60. The Hall–Kier alpha value is -7.22. The average Bonchev–Trinajstić information content (AvgIpc) is 3.25. The SMILES string of the molecule is CC[C@H](C)[C@H](NC(=O)c1ccc(C(=O)O)c(-c2c3ccc(=O)cc-3oc3cc(O)ccc23)c1)C(=O)N[C@@H](CCC(=O)OC)C(=O)N[C@H](C(=O)N[C@@H](CC(=O)OC)C(=O)CF)[C@H](C)O. The molecule has 0 saturated heterocycles. The highest BCUT2D eigenvalue weighted by Crippen LogP contribution is 2.42. The fourth-order valence-corrected chi connectivity index (χ4v) is 6.56. The maximum Gasteiger partial charge on any atom is 0.336 e. The van der Waals surface area contributed by atoms with E-state index in [1.54, 1.807) is 13.8 Å². The first-order valence-corrected chi connectivity index (χ1v) is 19.5. The predicted molar refractivity (Wildman–Crippen MR) is 220 cm³/mol. The number of phenolic OH excluding ortho intramolecular Hbond substituents is 1. The summed E-state index contributed by atoms with van der Waals surface area (Å²) >= 11 is 0. The second-order valence-corrected chi connectivity index (χ2v) is 14.6. The second kappa shape index (κ2) is 21.5. The number of carboxylic acid groups (broad SMARTS) is 1. The van der Waals surface area contributed by atoms with Crippen molar-refractivity contribution in [3.63, 3.8) is 0 Å². The molecule has 4 rings (SSSR count). The minimum absolute atomic E-state index is 0.0248. The normalized spacial score (nSPS) is 14.0. The molecular weight excluding hydrogens is 831 g/mol. The number of benzene rings is 3. The number of rotatable bonds is 20. The number of carbonyl (C=O) groups is 8. The molecule has 1 aliphatic carbocycles. The molecule has 7 N–H and O–H groups in total. The van der Waals surface area contributed by atoms with Gasteiger partial charge in [0.05, 0.1) is 32.3 Å². The van der Waals surface area contributed by atoms with Gasteiger partial charge in [-0.25, -0.2) is 9.18 Å². The number of esters is 2. The van der Waals surface area contributed by atoms with Crippen molar-refractivity contribution in [3.8, 4) is 28.2 Å². The first-order valence-electron chi connectivity index (χ1n) is 19.5. The van der Waals surface area contributed by atoms with Crippen molar-refractivity contribution in [1.82, 2.24) is 21.3 Å².